The predicted octanol–water partition coefficient (Wildman–Crippen LogP) is 2.99. The summed E-state index contributed by atoms with van der Waals surface area (Å²) in [7, 11) is 3.90. The van der Waals surface area contributed by atoms with Gasteiger partial charge in [0.25, 0.3) is 0 Å². The molecule has 5 rings (SSSR count). The van der Waals surface area contributed by atoms with Crippen molar-refractivity contribution in [2.45, 2.75) is 13.0 Å². The quantitative estimate of drug-likeness (QED) is 0.143. The van der Waals surface area contributed by atoms with Crippen LogP contribution in [-0.2, 0) is 6.54 Å². The first kappa shape index (κ1) is 27.2. The molecule has 3 aromatic heterocycles. The number of rotatable bonds is 12. The van der Waals surface area contributed by atoms with Crippen LogP contribution in [0.15, 0.2) is 66.3 Å². The monoisotopic (exact) mass is 540 g/mol. The number of nitrogens with one attached hydrogen (secondary N) is 3. The summed E-state index contributed by atoms with van der Waals surface area (Å²) < 4.78 is 8.04. The zero-order valence-corrected chi connectivity index (χ0v) is 23.0. The van der Waals surface area contributed by atoms with E-state index >= 15 is 0 Å². The summed E-state index contributed by atoms with van der Waals surface area (Å²) in [5.41, 5.74) is 7.74. The van der Waals surface area contributed by atoms with Crippen molar-refractivity contribution in [2.24, 2.45) is 5.10 Å². The van der Waals surface area contributed by atoms with Crippen molar-refractivity contribution < 1.29 is 4.74 Å². The average molecular weight is 541 g/mol. The molecule has 40 heavy (non-hydrogen) atoms. The summed E-state index contributed by atoms with van der Waals surface area (Å²) in [5, 5.41) is 15.0. The van der Waals surface area contributed by atoms with Crippen molar-refractivity contribution in [1.82, 2.24) is 34.6 Å². The number of piperazine rings is 1. The highest BCUT2D eigenvalue weighted by atomic mass is 16.5. The summed E-state index contributed by atoms with van der Waals surface area (Å²) in [6, 6.07) is 13.8. The minimum atomic E-state index is 0.579. The molecule has 1 fully saturated rings. The van der Waals surface area contributed by atoms with E-state index < -0.39 is 0 Å². The van der Waals surface area contributed by atoms with Gasteiger partial charge in [-0.05, 0) is 25.1 Å². The predicted molar refractivity (Wildman–Crippen MR) is 158 cm³/mol. The molecule has 0 saturated carbocycles. The molecular formula is C29H36N10O. The van der Waals surface area contributed by atoms with Gasteiger partial charge in [-0.1, -0.05) is 24.3 Å². The molecule has 0 amide bonds. The van der Waals surface area contributed by atoms with Gasteiger partial charge in [-0.2, -0.15) is 5.10 Å². The van der Waals surface area contributed by atoms with Crippen molar-refractivity contribution in [3.8, 4) is 17.1 Å². The van der Waals surface area contributed by atoms with E-state index in [-0.39, 0.29) is 0 Å². The van der Waals surface area contributed by atoms with Crippen LogP contribution in [0.1, 0.15) is 17.5 Å². The Balaban J connectivity index is 1.17. The number of aromatic nitrogens is 4. The molecule has 0 bridgehead atoms. The average Bonchev–Trinajstić information content (AvgIpc) is 3.42. The molecule has 4 aromatic rings. The summed E-state index contributed by atoms with van der Waals surface area (Å²) in [5.74, 6) is 1.55. The van der Waals surface area contributed by atoms with Crippen molar-refractivity contribution >= 4 is 23.4 Å². The Hall–Kier alpha value is -4.35. The first-order valence-corrected chi connectivity index (χ1v) is 13.5. The van der Waals surface area contributed by atoms with Gasteiger partial charge in [-0.3, -0.25) is 4.40 Å². The van der Waals surface area contributed by atoms with Crippen LogP contribution in [0.4, 0.5) is 5.82 Å². The van der Waals surface area contributed by atoms with Crippen LogP contribution in [0.2, 0.25) is 0 Å². The van der Waals surface area contributed by atoms with Gasteiger partial charge in [0, 0.05) is 76.4 Å². The number of imidazole rings is 1. The van der Waals surface area contributed by atoms with Gasteiger partial charge in [0.2, 0.25) is 0 Å². The molecule has 0 spiro atoms. The Morgan fingerprint density at radius 2 is 1.90 bits per heavy atom. The summed E-state index contributed by atoms with van der Waals surface area (Å²) in [4.78, 5) is 18.3. The maximum atomic E-state index is 7.52. The van der Waals surface area contributed by atoms with E-state index in [9.17, 15) is 0 Å². The SMILES string of the molecule is CN/N=C(\C=N)c1ccc(CNc2cc(-c3cnc4cc(OCCCN5CCN(C)CC5)ccn34)ncn2)cc1. The molecule has 1 aliphatic heterocycles. The number of pyridine rings is 1. The van der Waals surface area contributed by atoms with E-state index in [2.05, 4.69) is 47.6 Å². The first-order chi connectivity index (χ1) is 19.6. The number of hydrogen-bond acceptors (Lipinski definition) is 10. The molecule has 3 N–H and O–H groups in total. The third-order valence-corrected chi connectivity index (χ3v) is 6.99. The van der Waals surface area contributed by atoms with Gasteiger partial charge in [-0.25, -0.2) is 15.0 Å². The minimum absolute atomic E-state index is 0.579. The zero-order valence-electron chi connectivity index (χ0n) is 23.0. The Morgan fingerprint density at radius 3 is 2.67 bits per heavy atom. The Bertz CT molecular complexity index is 1440. The molecule has 11 nitrogen and oxygen atoms in total. The fourth-order valence-electron chi connectivity index (χ4n) is 4.67. The van der Waals surface area contributed by atoms with E-state index in [1.54, 1.807) is 13.4 Å². The second-order valence-electron chi connectivity index (χ2n) is 9.78. The molecule has 0 radical (unpaired) electrons. The third kappa shape index (κ3) is 6.80. The molecule has 0 aliphatic carbocycles. The maximum absolute atomic E-state index is 7.52. The number of benzene rings is 1. The van der Waals surface area contributed by atoms with Gasteiger partial charge in [0.05, 0.1) is 24.2 Å². The van der Waals surface area contributed by atoms with Gasteiger partial charge in [0.1, 0.15) is 29.3 Å². The van der Waals surface area contributed by atoms with Crippen molar-refractivity contribution in [3.05, 3.63) is 72.3 Å². The maximum Gasteiger partial charge on any atom is 0.140 e. The smallest absolute Gasteiger partial charge is 0.140 e. The highest BCUT2D eigenvalue weighted by Crippen LogP contribution is 2.23. The van der Waals surface area contributed by atoms with E-state index in [0.29, 0.717) is 18.9 Å². The molecule has 1 aromatic carbocycles. The van der Waals surface area contributed by atoms with Crippen LogP contribution in [-0.4, -0.2) is 94.5 Å². The fraction of sp³-hybridized carbons (Fsp3) is 0.345. The molecule has 208 valence electrons. The number of hydrazone groups is 1. The Labute approximate surface area is 234 Å². The van der Waals surface area contributed by atoms with E-state index in [4.69, 9.17) is 10.1 Å². The lowest BCUT2D eigenvalue weighted by atomic mass is 10.1. The summed E-state index contributed by atoms with van der Waals surface area (Å²) >= 11 is 0. The third-order valence-electron chi connectivity index (χ3n) is 6.99. The van der Waals surface area contributed by atoms with Gasteiger partial charge < -0.3 is 30.7 Å². The number of hydrogen-bond donors (Lipinski definition) is 3. The molecular weight excluding hydrogens is 504 g/mol. The molecule has 4 heterocycles. The number of fused-ring (bicyclic) bond motifs is 1. The number of likely N-dealkylation sites (N-methyl/N-ethyl adjacent to an activating group) is 1. The van der Waals surface area contributed by atoms with Gasteiger partial charge >= 0.3 is 0 Å². The zero-order chi connectivity index (χ0) is 27.7. The van der Waals surface area contributed by atoms with Gasteiger partial charge in [-0.15, -0.1) is 0 Å². The second kappa shape index (κ2) is 13.1. The minimum Gasteiger partial charge on any atom is -0.493 e. The van der Waals surface area contributed by atoms with Crippen LogP contribution in [0.5, 0.6) is 5.75 Å². The van der Waals surface area contributed by atoms with E-state index in [1.807, 2.05) is 59.3 Å². The number of ether oxygens (including phenoxy) is 1. The summed E-state index contributed by atoms with van der Waals surface area (Å²) in [6.07, 6.45) is 7.60. The largest absolute Gasteiger partial charge is 0.493 e. The Morgan fingerprint density at radius 1 is 1.07 bits per heavy atom. The lowest BCUT2D eigenvalue weighted by Crippen LogP contribution is -2.44. The normalized spacial score (nSPS) is 14.8. The van der Waals surface area contributed by atoms with Gasteiger partial charge in [0.15, 0.2) is 0 Å². The molecule has 11 heteroatoms. The van der Waals surface area contributed by atoms with Crippen LogP contribution in [0.3, 0.4) is 0 Å². The second-order valence-corrected chi connectivity index (χ2v) is 9.78. The van der Waals surface area contributed by atoms with E-state index in [1.165, 1.54) is 6.21 Å². The number of anilines is 1. The van der Waals surface area contributed by atoms with Crippen LogP contribution < -0.4 is 15.5 Å². The molecule has 1 saturated heterocycles. The number of nitrogens with zero attached hydrogens (tertiary/aromatic N) is 7. The lowest BCUT2D eigenvalue weighted by molar-refractivity contribution is 0.145. The first-order valence-electron chi connectivity index (χ1n) is 13.5. The molecule has 0 atom stereocenters. The lowest BCUT2D eigenvalue weighted by Gasteiger charge is -2.32. The van der Waals surface area contributed by atoms with Crippen molar-refractivity contribution in [1.29, 1.82) is 5.41 Å². The molecule has 0 unspecified atom stereocenters. The van der Waals surface area contributed by atoms with Crippen LogP contribution in [0.25, 0.3) is 17.0 Å². The van der Waals surface area contributed by atoms with E-state index in [0.717, 1.165) is 78.9 Å². The highest BCUT2D eigenvalue weighted by molar-refractivity contribution is 6.37. The molecule has 1 aliphatic rings. The van der Waals surface area contributed by atoms with Crippen molar-refractivity contribution in [2.75, 3.05) is 58.7 Å². The summed E-state index contributed by atoms with van der Waals surface area (Å²) in [6.45, 7) is 6.89. The standard InChI is InChI=1S/C29H36N10O/c1-31-36-26(18-30)23-6-4-22(5-7-23)19-32-28-17-25(34-21-35-28)27-20-33-29-16-24(8-10-39(27)29)40-15-3-9-38-13-11-37(2)12-14-38/h4-8,10,16-18,20-21,30-31H,3,9,11-15,19H2,1-2H3,(H,32,34,35)/b30-18?,36-26+. The van der Waals surface area contributed by atoms with Crippen LogP contribution >= 0.6 is 0 Å². The highest BCUT2D eigenvalue weighted by Gasteiger charge is 2.13. The van der Waals surface area contributed by atoms with Crippen molar-refractivity contribution in [3.63, 3.8) is 0 Å². The topological polar surface area (TPSA) is 119 Å². The fourth-order valence-corrected chi connectivity index (χ4v) is 4.67. The Kier molecular flexibility index (Phi) is 8.94. The van der Waals surface area contributed by atoms with Crippen LogP contribution in [0, 0.1) is 5.41 Å².